The number of aromatic amines is 1. The highest BCUT2D eigenvalue weighted by Gasteiger charge is 2.35. The molecule has 2 aliphatic rings. The normalized spacial score (nSPS) is 18.4. The fourth-order valence-electron chi connectivity index (χ4n) is 4.41. The van der Waals surface area contributed by atoms with Crippen molar-refractivity contribution in [2.75, 3.05) is 13.1 Å². The lowest BCUT2D eigenvalue weighted by atomic mass is 9.94. The summed E-state index contributed by atoms with van der Waals surface area (Å²) in [6.07, 6.45) is 3.72. The summed E-state index contributed by atoms with van der Waals surface area (Å²) in [5.74, 6) is -0.289. The number of H-pyrrole nitrogens is 1. The summed E-state index contributed by atoms with van der Waals surface area (Å²) in [6.45, 7) is 1.59. The summed E-state index contributed by atoms with van der Waals surface area (Å²) >= 11 is 0. The Hall–Kier alpha value is -3.74. The number of imide groups is 1. The van der Waals surface area contributed by atoms with Gasteiger partial charge in [0.15, 0.2) is 0 Å². The number of carbonyl (C=O) groups is 3. The second kappa shape index (κ2) is 7.83. The third-order valence-corrected chi connectivity index (χ3v) is 6.09. The zero-order chi connectivity index (χ0) is 21.4. The first-order chi connectivity index (χ1) is 15.1. The minimum atomic E-state index is -0.279. The molecule has 0 bridgehead atoms. The lowest BCUT2D eigenvalue weighted by Crippen LogP contribution is -2.39. The van der Waals surface area contributed by atoms with E-state index in [1.807, 2.05) is 23.1 Å². The Labute approximate surface area is 179 Å². The van der Waals surface area contributed by atoms with Crippen molar-refractivity contribution in [3.8, 4) is 0 Å². The van der Waals surface area contributed by atoms with Crippen molar-refractivity contribution in [2.45, 2.75) is 25.3 Å². The first kappa shape index (κ1) is 19.2. The number of nitrogens with one attached hydrogen (secondary N) is 1. The molecule has 3 heterocycles. The minimum Gasteiger partial charge on any atom is -0.338 e. The number of likely N-dealkylation sites (tertiary alicyclic amines) is 1. The highest BCUT2D eigenvalue weighted by Crippen LogP contribution is 2.27. The third-order valence-electron chi connectivity index (χ3n) is 6.09. The smallest absolute Gasteiger partial charge is 0.261 e. The van der Waals surface area contributed by atoms with Crippen LogP contribution < -0.4 is 0 Å². The van der Waals surface area contributed by atoms with E-state index in [0.717, 1.165) is 30.6 Å². The number of nitrogens with zero attached hydrogens (tertiary/aromatic N) is 3. The second-order valence-corrected chi connectivity index (χ2v) is 8.04. The predicted octanol–water partition coefficient (Wildman–Crippen LogP) is 3.23. The SMILES string of the molecule is O=C(c1ccc(CN2C(=O)c3ccccc3C2=O)cc1)N1CCCC(c2ccn[nH]2)C1. The molecule has 5 rings (SSSR count). The van der Waals surface area contributed by atoms with Gasteiger partial charge in [-0.1, -0.05) is 24.3 Å². The molecule has 0 aliphatic carbocycles. The molecule has 2 aliphatic heterocycles. The Bertz CT molecular complexity index is 1100. The zero-order valence-corrected chi connectivity index (χ0v) is 17.0. The van der Waals surface area contributed by atoms with Crippen LogP contribution in [0.2, 0.25) is 0 Å². The zero-order valence-electron chi connectivity index (χ0n) is 17.0. The predicted molar refractivity (Wildman–Crippen MR) is 114 cm³/mol. The van der Waals surface area contributed by atoms with E-state index in [1.165, 1.54) is 4.90 Å². The molecule has 1 saturated heterocycles. The van der Waals surface area contributed by atoms with Crippen molar-refractivity contribution in [2.24, 2.45) is 0 Å². The van der Waals surface area contributed by atoms with Gasteiger partial charge in [-0.25, -0.2) is 0 Å². The third kappa shape index (κ3) is 3.52. The van der Waals surface area contributed by atoms with Crippen molar-refractivity contribution in [1.29, 1.82) is 0 Å². The number of benzene rings is 2. The van der Waals surface area contributed by atoms with E-state index >= 15 is 0 Å². The second-order valence-electron chi connectivity index (χ2n) is 8.04. The first-order valence-corrected chi connectivity index (χ1v) is 10.4. The molecule has 1 aromatic heterocycles. The number of hydrogen-bond acceptors (Lipinski definition) is 4. The molecule has 1 fully saturated rings. The molecular formula is C24H22N4O3. The lowest BCUT2D eigenvalue weighted by Gasteiger charge is -2.32. The molecule has 2 aromatic carbocycles. The van der Waals surface area contributed by atoms with Crippen LogP contribution in [0.3, 0.4) is 0 Å². The summed E-state index contributed by atoms with van der Waals surface area (Å²) in [6, 6.07) is 16.0. The summed E-state index contributed by atoms with van der Waals surface area (Å²) < 4.78 is 0. The number of hydrogen-bond donors (Lipinski definition) is 1. The van der Waals surface area contributed by atoms with Gasteiger partial charge >= 0.3 is 0 Å². The van der Waals surface area contributed by atoms with Crippen LogP contribution in [-0.2, 0) is 6.54 Å². The van der Waals surface area contributed by atoms with Gasteiger partial charge in [0, 0.05) is 36.5 Å². The van der Waals surface area contributed by atoms with E-state index < -0.39 is 0 Å². The molecule has 31 heavy (non-hydrogen) atoms. The summed E-state index contributed by atoms with van der Waals surface area (Å²) in [5.41, 5.74) is 3.36. The standard InChI is InChI=1S/C24H22N4O3/c29-22(27-13-3-4-18(15-27)21-11-12-25-26-21)17-9-7-16(8-10-17)14-28-23(30)19-5-1-2-6-20(19)24(28)31/h1-2,5-12,18H,3-4,13-15H2,(H,25,26). The van der Waals surface area contributed by atoms with Gasteiger partial charge in [-0.15, -0.1) is 0 Å². The molecular weight excluding hydrogens is 392 g/mol. The fourth-order valence-corrected chi connectivity index (χ4v) is 4.41. The Morgan fingerprint density at radius 1 is 1.00 bits per heavy atom. The van der Waals surface area contributed by atoms with E-state index in [9.17, 15) is 14.4 Å². The Morgan fingerprint density at radius 3 is 2.35 bits per heavy atom. The van der Waals surface area contributed by atoms with Crippen LogP contribution in [0.1, 0.15) is 61.1 Å². The van der Waals surface area contributed by atoms with Crippen LogP contribution >= 0.6 is 0 Å². The fraction of sp³-hybridized carbons (Fsp3) is 0.250. The molecule has 3 aromatic rings. The van der Waals surface area contributed by atoms with Crippen molar-refractivity contribution < 1.29 is 14.4 Å². The lowest BCUT2D eigenvalue weighted by molar-refractivity contribution is 0.0640. The quantitative estimate of drug-likeness (QED) is 0.664. The van der Waals surface area contributed by atoms with Crippen LogP contribution in [0.5, 0.6) is 0 Å². The number of carbonyl (C=O) groups excluding carboxylic acids is 3. The Morgan fingerprint density at radius 2 is 1.71 bits per heavy atom. The van der Waals surface area contributed by atoms with E-state index in [2.05, 4.69) is 10.2 Å². The maximum absolute atomic E-state index is 13.0. The van der Waals surface area contributed by atoms with E-state index in [1.54, 1.807) is 42.6 Å². The van der Waals surface area contributed by atoms with Gasteiger partial charge in [0.2, 0.25) is 0 Å². The van der Waals surface area contributed by atoms with Crippen molar-refractivity contribution in [1.82, 2.24) is 20.0 Å². The summed E-state index contributed by atoms with van der Waals surface area (Å²) in [7, 11) is 0. The van der Waals surface area contributed by atoms with Crippen molar-refractivity contribution in [3.63, 3.8) is 0 Å². The van der Waals surface area contributed by atoms with Gasteiger partial charge in [0.05, 0.1) is 17.7 Å². The number of aromatic nitrogens is 2. The molecule has 156 valence electrons. The Balaban J connectivity index is 1.27. The highest BCUT2D eigenvalue weighted by molar-refractivity contribution is 6.21. The van der Waals surface area contributed by atoms with E-state index in [4.69, 9.17) is 0 Å². The molecule has 7 heteroatoms. The van der Waals surface area contributed by atoms with Gasteiger partial charge in [0.25, 0.3) is 17.7 Å². The number of fused-ring (bicyclic) bond motifs is 1. The molecule has 0 saturated carbocycles. The summed E-state index contributed by atoms with van der Waals surface area (Å²) in [4.78, 5) is 41.3. The number of amides is 3. The molecule has 1 atom stereocenters. The summed E-state index contributed by atoms with van der Waals surface area (Å²) in [5, 5.41) is 7.03. The Kier molecular flexibility index (Phi) is 4.86. The van der Waals surface area contributed by atoms with Crippen LogP contribution in [0.15, 0.2) is 60.8 Å². The van der Waals surface area contributed by atoms with Gasteiger partial charge in [0.1, 0.15) is 0 Å². The maximum Gasteiger partial charge on any atom is 0.261 e. The minimum absolute atomic E-state index is 0.00324. The average molecular weight is 414 g/mol. The number of rotatable bonds is 4. The molecule has 1 unspecified atom stereocenters. The van der Waals surface area contributed by atoms with Crippen LogP contribution in [0.25, 0.3) is 0 Å². The molecule has 3 amide bonds. The first-order valence-electron chi connectivity index (χ1n) is 10.4. The maximum atomic E-state index is 13.0. The van der Waals surface area contributed by atoms with Gasteiger partial charge in [-0.2, -0.15) is 5.10 Å². The van der Waals surface area contributed by atoms with E-state index in [-0.39, 0.29) is 30.2 Å². The van der Waals surface area contributed by atoms with Crippen molar-refractivity contribution in [3.05, 3.63) is 88.7 Å². The van der Waals surface area contributed by atoms with Gasteiger partial charge in [-0.3, -0.25) is 24.4 Å². The largest absolute Gasteiger partial charge is 0.338 e. The topological polar surface area (TPSA) is 86.4 Å². The van der Waals surface area contributed by atoms with Crippen LogP contribution in [0.4, 0.5) is 0 Å². The van der Waals surface area contributed by atoms with Crippen molar-refractivity contribution >= 4 is 17.7 Å². The monoisotopic (exact) mass is 414 g/mol. The van der Waals surface area contributed by atoms with Gasteiger partial charge in [-0.05, 0) is 48.7 Å². The van der Waals surface area contributed by atoms with Crippen LogP contribution in [-0.4, -0.2) is 50.8 Å². The van der Waals surface area contributed by atoms with Crippen LogP contribution in [0, 0.1) is 0 Å². The molecule has 1 N–H and O–H groups in total. The number of piperidine rings is 1. The molecule has 7 nitrogen and oxygen atoms in total. The molecule has 0 spiro atoms. The molecule has 0 radical (unpaired) electrons. The average Bonchev–Trinajstić information content (AvgIpc) is 3.44. The van der Waals surface area contributed by atoms with Gasteiger partial charge < -0.3 is 4.90 Å². The highest BCUT2D eigenvalue weighted by atomic mass is 16.2. The van der Waals surface area contributed by atoms with E-state index in [0.29, 0.717) is 23.2 Å².